The molecule has 2 aromatic heterocycles. The fourth-order valence-electron chi connectivity index (χ4n) is 3.66. The number of fused-ring (bicyclic) bond motifs is 2. The number of nitrogens with zero attached hydrogens (tertiary/aromatic N) is 1. The molecule has 9 heteroatoms. The van der Waals surface area contributed by atoms with Crippen molar-refractivity contribution in [1.82, 2.24) is 4.98 Å². The third kappa shape index (κ3) is 4.35. The molecule has 3 aromatic carbocycles. The first-order valence-electron chi connectivity index (χ1n) is 10.3. The fourth-order valence-corrected chi connectivity index (χ4v) is 5.32. The first-order valence-corrected chi connectivity index (χ1v) is 13.0. The largest absolute Gasteiger partial charge is 0.422 e. The third-order valence-corrected chi connectivity index (χ3v) is 7.46. The lowest BCUT2D eigenvalue weighted by Crippen LogP contribution is -2.13. The topological polar surface area (TPSA) is 106 Å². The first kappa shape index (κ1) is 22.0. The number of hydrogen-bond donors (Lipinski definition) is 1. The van der Waals surface area contributed by atoms with Gasteiger partial charge < -0.3 is 9.73 Å². The van der Waals surface area contributed by atoms with Gasteiger partial charge in [-0.25, -0.2) is 18.2 Å². The third-order valence-electron chi connectivity index (χ3n) is 5.31. The lowest BCUT2D eigenvalue weighted by Gasteiger charge is -2.07. The van der Waals surface area contributed by atoms with E-state index in [1.807, 2.05) is 12.1 Å². The van der Waals surface area contributed by atoms with Crippen LogP contribution in [-0.4, -0.2) is 25.6 Å². The van der Waals surface area contributed by atoms with E-state index in [0.29, 0.717) is 23.0 Å². The maximum absolute atomic E-state index is 13.0. The maximum atomic E-state index is 13.0. The Bertz CT molecular complexity index is 1720. The highest BCUT2D eigenvalue weighted by Gasteiger charge is 2.16. The number of nitrogens with one attached hydrogen (secondary N) is 1. The van der Waals surface area contributed by atoms with Crippen LogP contribution in [0.3, 0.4) is 0 Å². The molecule has 0 atom stereocenters. The van der Waals surface area contributed by atoms with Crippen LogP contribution < -0.4 is 10.9 Å². The molecule has 0 saturated heterocycles. The number of thiazole rings is 1. The van der Waals surface area contributed by atoms with Crippen molar-refractivity contribution in [2.75, 3.05) is 11.6 Å². The number of carbonyl (C=O) groups is 1. The number of rotatable bonds is 5. The Hall–Kier alpha value is -3.82. The highest BCUT2D eigenvalue weighted by molar-refractivity contribution is 7.90. The molecule has 0 unspecified atom stereocenters. The van der Waals surface area contributed by atoms with Crippen molar-refractivity contribution in [3.8, 4) is 0 Å². The summed E-state index contributed by atoms with van der Waals surface area (Å²) in [5, 5.41) is 4.38. The summed E-state index contributed by atoms with van der Waals surface area (Å²) in [6.45, 7) is 0. The molecule has 34 heavy (non-hydrogen) atoms. The number of para-hydroxylation sites is 2. The summed E-state index contributed by atoms with van der Waals surface area (Å²) in [4.78, 5) is 29.7. The van der Waals surface area contributed by atoms with Crippen molar-refractivity contribution in [3.05, 3.63) is 99.4 Å². The van der Waals surface area contributed by atoms with Crippen LogP contribution in [0.2, 0.25) is 0 Å². The molecule has 1 N–H and O–H groups in total. The molecular weight excluding hydrogens is 472 g/mol. The van der Waals surface area contributed by atoms with Crippen molar-refractivity contribution in [1.29, 1.82) is 0 Å². The van der Waals surface area contributed by atoms with Crippen molar-refractivity contribution in [2.24, 2.45) is 0 Å². The number of aromatic nitrogens is 1. The van der Waals surface area contributed by atoms with Gasteiger partial charge in [-0.05, 0) is 42.0 Å². The van der Waals surface area contributed by atoms with Gasteiger partial charge in [0.25, 0.3) is 5.91 Å². The van der Waals surface area contributed by atoms with Crippen LogP contribution >= 0.6 is 11.3 Å². The van der Waals surface area contributed by atoms with Crippen LogP contribution in [0.4, 0.5) is 5.69 Å². The van der Waals surface area contributed by atoms with E-state index in [1.54, 1.807) is 54.6 Å². The zero-order valence-corrected chi connectivity index (χ0v) is 19.6. The van der Waals surface area contributed by atoms with Crippen molar-refractivity contribution >= 4 is 54.0 Å². The van der Waals surface area contributed by atoms with Gasteiger partial charge in [0.05, 0.1) is 25.9 Å². The first-order chi connectivity index (χ1) is 16.3. The second kappa shape index (κ2) is 8.51. The number of amides is 1. The number of hydrogen-bond acceptors (Lipinski definition) is 7. The van der Waals surface area contributed by atoms with Gasteiger partial charge in [0.15, 0.2) is 15.4 Å². The monoisotopic (exact) mass is 490 g/mol. The summed E-state index contributed by atoms with van der Waals surface area (Å²) in [7, 11) is -3.25. The van der Waals surface area contributed by atoms with Gasteiger partial charge in [0.2, 0.25) is 0 Å². The fraction of sp³-hybridized carbons (Fsp3) is 0.0800. The minimum Gasteiger partial charge on any atom is -0.422 e. The maximum Gasteiger partial charge on any atom is 0.336 e. The van der Waals surface area contributed by atoms with Gasteiger partial charge in [-0.2, -0.15) is 0 Å². The molecule has 0 fully saturated rings. The summed E-state index contributed by atoms with van der Waals surface area (Å²) in [5.41, 5.74) is 2.11. The molecule has 0 spiro atoms. The molecule has 5 aromatic rings. The summed E-state index contributed by atoms with van der Waals surface area (Å²) in [5.74, 6) is -0.404. The molecule has 0 aliphatic carbocycles. The second-order valence-corrected chi connectivity index (χ2v) is 10.9. The lowest BCUT2D eigenvalue weighted by molar-refractivity contribution is 0.102. The molecule has 7 nitrogen and oxygen atoms in total. The summed E-state index contributed by atoms with van der Waals surface area (Å²) >= 11 is 1.50. The quantitative estimate of drug-likeness (QED) is 0.360. The van der Waals surface area contributed by atoms with E-state index in [1.165, 1.54) is 23.7 Å². The minimum absolute atomic E-state index is 0.233. The molecule has 0 bridgehead atoms. The van der Waals surface area contributed by atoms with Crippen molar-refractivity contribution in [3.63, 3.8) is 0 Å². The Balaban J connectivity index is 1.44. The number of anilines is 1. The molecular formula is C25H18N2O5S2. The van der Waals surface area contributed by atoms with Crippen LogP contribution in [0.15, 0.2) is 86.9 Å². The lowest BCUT2D eigenvalue weighted by atomic mass is 10.1. The molecule has 5 rings (SSSR count). The predicted molar refractivity (Wildman–Crippen MR) is 132 cm³/mol. The Labute approximate surface area is 198 Å². The summed E-state index contributed by atoms with van der Waals surface area (Å²) in [6.07, 6.45) is 1.71. The van der Waals surface area contributed by atoms with Crippen LogP contribution in [0, 0.1) is 0 Å². The van der Waals surface area contributed by atoms with Gasteiger partial charge in [0, 0.05) is 24.1 Å². The van der Waals surface area contributed by atoms with Crippen LogP contribution in [0.5, 0.6) is 0 Å². The van der Waals surface area contributed by atoms with Crippen LogP contribution in [0.1, 0.15) is 20.9 Å². The van der Waals surface area contributed by atoms with Gasteiger partial charge in [-0.15, -0.1) is 11.3 Å². The Morgan fingerprint density at radius 3 is 2.53 bits per heavy atom. The van der Waals surface area contributed by atoms with E-state index >= 15 is 0 Å². The smallest absolute Gasteiger partial charge is 0.336 e. The van der Waals surface area contributed by atoms with E-state index < -0.39 is 21.4 Å². The highest BCUT2D eigenvalue weighted by atomic mass is 32.2. The van der Waals surface area contributed by atoms with Crippen LogP contribution in [-0.2, 0) is 16.3 Å². The molecule has 0 saturated carbocycles. The molecule has 0 aliphatic rings. The van der Waals surface area contributed by atoms with Gasteiger partial charge in [-0.1, -0.05) is 30.3 Å². The molecule has 0 aliphatic heterocycles. The standard InChI is InChI=1S/C25H18N2O5S2/c1-34(30,31)17-11-8-15(9-12-17)14-21-27-23-19(6-3-7-20(23)33-21)26-25(29)18-5-2-4-16-10-13-22(28)32-24(16)18/h2-13H,14H2,1H3,(H,26,29). The Kier molecular flexibility index (Phi) is 5.51. The van der Waals surface area contributed by atoms with Crippen LogP contribution in [0.25, 0.3) is 21.2 Å². The average molecular weight is 491 g/mol. The van der Waals surface area contributed by atoms with E-state index in [-0.39, 0.29) is 16.0 Å². The zero-order chi connectivity index (χ0) is 23.9. The van der Waals surface area contributed by atoms with Crippen molar-refractivity contribution in [2.45, 2.75) is 11.3 Å². The normalized spacial score (nSPS) is 11.7. The van der Waals surface area contributed by atoms with Gasteiger partial charge in [-0.3, -0.25) is 4.79 Å². The molecule has 0 radical (unpaired) electrons. The Morgan fingerprint density at radius 2 is 1.76 bits per heavy atom. The number of sulfone groups is 1. The molecule has 170 valence electrons. The highest BCUT2D eigenvalue weighted by Crippen LogP contribution is 2.30. The van der Waals surface area contributed by atoms with E-state index in [9.17, 15) is 18.0 Å². The SMILES string of the molecule is CS(=O)(=O)c1ccc(Cc2nc3c(NC(=O)c4cccc5ccc(=O)oc45)cccc3s2)cc1. The summed E-state index contributed by atoms with van der Waals surface area (Å²) in [6, 6.07) is 20.3. The number of carbonyl (C=O) groups excluding carboxylic acids is 1. The predicted octanol–water partition coefficient (Wildman–Crippen LogP) is 4.65. The average Bonchev–Trinajstić information content (AvgIpc) is 3.22. The van der Waals surface area contributed by atoms with Gasteiger partial charge in [0.1, 0.15) is 5.52 Å². The van der Waals surface area contributed by atoms with Gasteiger partial charge >= 0.3 is 5.63 Å². The van der Waals surface area contributed by atoms with E-state index in [4.69, 9.17) is 9.40 Å². The van der Waals surface area contributed by atoms with E-state index in [0.717, 1.165) is 15.3 Å². The summed E-state index contributed by atoms with van der Waals surface area (Å²) < 4.78 is 29.5. The Morgan fingerprint density at radius 1 is 1.00 bits per heavy atom. The second-order valence-electron chi connectivity index (χ2n) is 7.79. The zero-order valence-electron chi connectivity index (χ0n) is 17.9. The van der Waals surface area contributed by atoms with Crippen molar-refractivity contribution < 1.29 is 17.6 Å². The molecule has 2 heterocycles. The molecule has 1 amide bonds. The van der Waals surface area contributed by atoms with E-state index in [2.05, 4.69) is 5.32 Å². The minimum atomic E-state index is -3.25. The number of benzene rings is 3.